The molecule has 0 unspecified atom stereocenters. The third-order valence-corrected chi connectivity index (χ3v) is 4.41. The molecule has 1 N–H and O–H groups in total. The normalized spacial score (nSPS) is 11.1. The molecule has 0 amide bonds. The Morgan fingerprint density at radius 2 is 1.58 bits per heavy atom. The van der Waals surface area contributed by atoms with Gasteiger partial charge in [-0.25, -0.2) is 14.6 Å². The first-order valence-corrected chi connectivity index (χ1v) is 8.79. The smallest absolute Gasteiger partial charge is 0.197 e. The number of halogens is 2. The maximum atomic E-state index is 6.11. The van der Waals surface area contributed by atoms with E-state index in [4.69, 9.17) is 33.2 Å². The second-order valence-corrected chi connectivity index (χ2v) is 6.87. The Morgan fingerprint density at radius 1 is 0.846 bits per heavy atom. The molecule has 0 fully saturated rings. The lowest BCUT2D eigenvalue weighted by atomic mass is 10.3. The first kappa shape index (κ1) is 16.8. The minimum absolute atomic E-state index is 0.591. The van der Waals surface area contributed by atoms with Crippen LogP contribution >= 0.6 is 23.2 Å². The van der Waals surface area contributed by atoms with Crippen LogP contribution in [-0.4, -0.2) is 19.7 Å². The van der Waals surface area contributed by atoms with Gasteiger partial charge in [0.05, 0.1) is 16.7 Å². The summed E-state index contributed by atoms with van der Waals surface area (Å²) in [6.07, 6.45) is 0. The summed E-state index contributed by atoms with van der Waals surface area (Å²) in [5.74, 6) is 1.22. The summed E-state index contributed by atoms with van der Waals surface area (Å²) in [5, 5.41) is 9.14. The molecule has 5 nitrogen and oxygen atoms in total. The zero-order valence-corrected chi connectivity index (χ0v) is 15.7. The standard InChI is InChI=1S/C19H15Cl2N5/c1-11-9-12(2)26(25-11)19-18(22-15-6-3-13(20)4-7-15)23-17-10-14(21)5-8-16(17)24-19/h3-10H,1-2H3,(H,22,23). The third-order valence-electron chi connectivity index (χ3n) is 3.93. The summed E-state index contributed by atoms with van der Waals surface area (Å²) in [6.45, 7) is 3.93. The Balaban J connectivity index is 1.90. The molecule has 0 aliphatic heterocycles. The minimum Gasteiger partial charge on any atom is -0.337 e. The number of aryl methyl sites for hydroxylation is 2. The van der Waals surface area contributed by atoms with Crippen molar-refractivity contribution in [2.45, 2.75) is 13.8 Å². The minimum atomic E-state index is 0.591. The SMILES string of the molecule is Cc1cc(C)n(-c2nc3ccc(Cl)cc3nc2Nc2ccc(Cl)cc2)n1. The van der Waals surface area contributed by atoms with Crippen LogP contribution in [0.4, 0.5) is 11.5 Å². The van der Waals surface area contributed by atoms with Crippen LogP contribution in [0.15, 0.2) is 48.5 Å². The Labute approximate surface area is 160 Å². The van der Waals surface area contributed by atoms with Crippen LogP contribution in [0, 0.1) is 13.8 Å². The second-order valence-electron chi connectivity index (χ2n) is 6.00. The maximum absolute atomic E-state index is 6.11. The summed E-state index contributed by atoms with van der Waals surface area (Å²) in [4.78, 5) is 9.49. The van der Waals surface area contributed by atoms with E-state index in [9.17, 15) is 0 Å². The molecular weight excluding hydrogens is 369 g/mol. The van der Waals surface area contributed by atoms with Gasteiger partial charge >= 0.3 is 0 Å². The molecule has 7 heteroatoms. The van der Waals surface area contributed by atoms with Crippen molar-refractivity contribution in [1.82, 2.24) is 19.7 Å². The number of benzene rings is 2. The van der Waals surface area contributed by atoms with Gasteiger partial charge in [0.1, 0.15) is 0 Å². The molecule has 2 heterocycles. The van der Waals surface area contributed by atoms with Crippen molar-refractivity contribution in [2.24, 2.45) is 0 Å². The molecule has 2 aromatic heterocycles. The second kappa shape index (κ2) is 6.59. The fourth-order valence-corrected chi connectivity index (χ4v) is 3.06. The fraction of sp³-hybridized carbons (Fsp3) is 0.105. The van der Waals surface area contributed by atoms with Crippen molar-refractivity contribution in [1.29, 1.82) is 0 Å². The summed E-state index contributed by atoms with van der Waals surface area (Å²) in [7, 11) is 0. The van der Waals surface area contributed by atoms with E-state index in [0.29, 0.717) is 27.2 Å². The van der Waals surface area contributed by atoms with Crippen LogP contribution in [0.5, 0.6) is 0 Å². The number of aromatic nitrogens is 4. The van der Waals surface area contributed by atoms with E-state index in [0.717, 1.165) is 22.6 Å². The van der Waals surface area contributed by atoms with Gasteiger partial charge in [0.2, 0.25) is 0 Å². The van der Waals surface area contributed by atoms with Gasteiger partial charge in [-0.05, 0) is 62.4 Å². The number of fused-ring (bicyclic) bond motifs is 1. The van der Waals surface area contributed by atoms with E-state index in [-0.39, 0.29) is 0 Å². The lowest BCUT2D eigenvalue weighted by Crippen LogP contribution is -2.08. The largest absolute Gasteiger partial charge is 0.337 e. The molecular formula is C19H15Cl2N5. The lowest BCUT2D eigenvalue weighted by molar-refractivity contribution is 0.808. The zero-order valence-electron chi connectivity index (χ0n) is 14.2. The van der Waals surface area contributed by atoms with Crippen LogP contribution < -0.4 is 5.32 Å². The van der Waals surface area contributed by atoms with Gasteiger partial charge in [-0.15, -0.1) is 0 Å². The molecule has 130 valence electrons. The molecule has 0 atom stereocenters. The summed E-state index contributed by atoms with van der Waals surface area (Å²) >= 11 is 12.1. The highest BCUT2D eigenvalue weighted by Gasteiger charge is 2.15. The van der Waals surface area contributed by atoms with Crippen LogP contribution in [0.1, 0.15) is 11.4 Å². The quantitative estimate of drug-likeness (QED) is 0.508. The summed E-state index contributed by atoms with van der Waals surface area (Å²) in [6, 6.07) is 14.9. The number of hydrogen-bond acceptors (Lipinski definition) is 4. The monoisotopic (exact) mass is 383 g/mol. The lowest BCUT2D eigenvalue weighted by Gasteiger charge is -2.13. The van der Waals surface area contributed by atoms with Gasteiger partial charge in [0.15, 0.2) is 11.6 Å². The first-order valence-electron chi connectivity index (χ1n) is 8.03. The predicted molar refractivity (Wildman–Crippen MR) is 106 cm³/mol. The predicted octanol–water partition coefficient (Wildman–Crippen LogP) is 5.48. The van der Waals surface area contributed by atoms with E-state index < -0.39 is 0 Å². The van der Waals surface area contributed by atoms with Gasteiger partial charge in [0, 0.05) is 21.4 Å². The number of hydrogen-bond donors (Lipinski definition) is 1. The van der Waals surface area contributed by atoms with Gasteiger partial charge in [0.25, 0.3) is 0 Å². The average Bonchev–Trinajstić information content (AvgIpc) is 2.94. The van der Waals surface area contributed by atoms with E-state index in [1.54, 1.807) is 16.8 Å². The van der Waals surface area contributed by atoms with Crippen molar-refractivity contribution < 1.29 is 0 Å². The number of anilines is 2. The van der Waals surface area contributed by atoms with Crippen molar-refractivity contribution in [3.05, 3.63) is 70.0 Å². The van der Waals surface area contributed by atoms with Crippen molar-refractivity contribution >= 4 is 45.7 Å². The van der Waals surface area contributed by atoms with E-state index >= 15 is 0 Å². The van der Waals surface area contributed by atoms with Crippen molar-refractivity contribution in [3.8, 4) is 5.82 Å². The topological polar surface area (TPSA) is 55.6 Å². The van der Waals surface area contributed by atoms with Gasteiger partial charge < -0.3 is 5.32 Å². The highest BCUT2D eigenvalue weighted by atomic mass is 35.5. The molecule has 2 aromatic carbocycles. The molecule has 26 heavy (non-hydrogen) atoms. The van der Waals surface area contributed by atoms with Gasteiger partial charge in [-0.3, -0.25) is 0 Å². The molecule has 4 aromatic rings. The number of nitrogens with zero attached hydrogens (tertiary/aromatic N) is 4. The molecule has 0 aliphatic carbocycles. The molecule has 0 spiro atoms. The van der Waals surface area contributed by atoms with Crippen LogP contribution in [0.2, 0.25) is 10.0 Å². The molecule has 0 saturated carbocycles. The molecule has 0 radical (unpaired) electrons. The fourth-order valence-electron chi connectivity index (χ4n) is 2.76. The number of rotatable bonds is 3. The third kappa shape index (κ3) is 3.23. The number of nitrogens with one attached hydrogen (secondary N) is 1. The zero-order chi connectivity index (χ0) is 18.3. The molecule has 0 aliphatic rings. The Hall–Kier alpha value is -2.63. The Morgan fingerprint density at radius 3 is 2.27 bits per heavy atom. The summed E-state index contributed by atoms with van der Waals surface area (Å²) in [5.41, 5.74) is 4.20. The molecule has 0 saturated heterocycles. The Kier molecular flexibility index (Phi) is 4.26. The molecule has 0 bridgehead atoms. The average molecular weight is 384 g/mol. The van der Waals surface area contributed by atoms with Gasteiger partial charge in [-0.2, -0.15) is 5.10 Å². The van der Waals surface area contributed by atoms with E-state index in [1.807, 2.05) is 50.2 Å². The highest BCUT2D eigenvalue weighted by Crippen LogP contribution is 2.27. The Bertz CT molecular complexity index is 1100. The van der Waals surface area contributed by atoms with E-state index in [2.05, 4.69) is 10.4 Å². The van der Waals surface area contributed by atoms with Crippen LogP contribution in [-0.2, 0) is 0 Å². The van der Waals surface area contributed by atoms with Crippen molar-refractivity contribution in [2.75, 3.05) is 5.32 Å². The molecule has 4 rings (SSSR count). The van der Waals surface area contributed by atoms with Crippen LogP contribution in [0.25, 0.3) is 16.9 Å². The first-order chi connectivity index (χ1) is 12.5. The van der Waals surface area contributed by atoms with Crippen molar-refractivity contribution in [3.63, 3.8) is 0 Å². The summed E-state index contributed by atoms with van der Waals surface area (Å²) < 4.78 is 1.79. The van der Waals surface area contributed by atoms with E-state index in [1.165, 1.54) is 0 Å². The maximum Gasteiger partial charge on any atom is 0.197 e. The van der Waals surface area contributed by atoms with Crippen LogP contribution in [0.3, 0.4) is 0 Å². The highest BCUT2D eigenvalue weighted by molar-refractivity contribution is 6.31. The van der Waals surface area contributed by atoms with Gasteiger partial charge in [-0.1, -0.05) is 23.2 Å².